The van der Waals surface area contributed by atoms with Crippen LogP contribution in [0.25, 0.3) is 11.2 Å². The number of halogens is 2. The largest absolute Gasteiger partial charge is 0.394 e. The summed E-state index contributed by atoms with van der Waals surface area (Å²) in [6.45, 7) is -3.63. The lowest BCUT2D eigenvalue weighted by atomic mass is 10.1. The van der Waals surface area contributed by atoms with E-state index >= 15 is 0 Å². The lowest BCUT2D eigenvalue weighted by Crippen LogP contribution is -2.33. The number of aromatic nitrogens is 5. The molecule has 0 saturated heterocycles. The van der Waals surface area contributed by atoms with Gasteiger partial charge in [-0.15, -0.1) is 5.10 Å². The van der Waals surface area contributed by atoms with Gasteiger partial charge in [0.2, 0.25) is 0 Å². The molecule has 2 aliphatic rings. The first-order valence-corrected chi connectivity index (χ1v) is 11.3. The molecule has 0 radical (unpaired) electrons. The van der Waals surface area contributed by atoms with E-state index in [0.717, 1.165) is 0 Å². The van der Waals surface area contributed by atoms with E-state index in [-0.39, 0.29) is 22.0 Å². The molecule has 2 fully saturated rings. The van der Waals surface area contributed by atoms with Crippen LogP contribution in [0.3, 0.4) is 0 Å². The lowest BCUT2D eigenvalue weighted by Gasteiger charge is -2.17. The van der Waals surface area contributed by atoms with Gasteiger partial charge in [-0.2, -0.15) is 0 Å². The van der Waals surface area contributed by atoms with Gasteiger partial charge in [-0.1, -0.05) is 29.9 Å². The van der Waals surface area contributed by atoms with Crippen LogP contribution < -0.4 is 5.32 Å². The minimum Gasteiger partial charge on any atom is -0.394 e. The Morgan fingerprint density at radius 3 is 2.94 bits per heavy atom. The predicted octanol–water partition coefficient (Wildman–Crippen LogP) is 2.01. The first-order valence-electron chi connectivity index (χ1n) is 17.3. The van der Waals surface area contributed by atoms with E-state index in [9.17, 15) is 24.1 Å². The van der Waals surface area contributed by atoms with Crippen molar-refractivity contribution in [1.29, 1.82) is 0 Å². The summed E-state index contributed by atoms with van der Waals surface area (Å²) in [4.78, 5) is 8.30. The van der Waals surface area contributed by atoms with Crippen molar-refractivity contribution < 1.29 is 48.0 Å². The monoisotopic (exact) mass is 536 g/mol. The van der Waals surface area contributed by atoms with Crippen molar-refractivity contribution in [2.45, 2.75) is 67.4 Å². The second-order valence-corrected chi connectivity index (χ2v) is 8.38. The highest BCUT2D eigenvalue weighted by Gasteiger charge is 2.45. The smallest absolute Gasteiger partial charge is 0.191 e. The predicted molar refractivity (Wildman–Crippen MR) is 128 cm³/mol. The third-order valence-electron chi connectivity index (χ3n) is 5.07. The number of anilines is 1. The standard InChI is InChI=1S/C23H28F2N6O4S/c1-2-7-36-23-27-21(26-15-9-12(15)11-3-4-13(24)14(25)8-11)18-22(28-23)31(30-29-18)16-10-17(35-6-5-32)20(34)19(16)33/h3-4,8,12,15-17,19-20,32-34H,2,5-7,9-10H2,1H3,(H,26,27,28)/t12?,15-,16+,17-,19-,20+/m0/s1/i2D2,3D,4D,5D2,8D,10D2,15D,16D,17D,19D,20D. The molecule has 2 heterocycles. The van der Waals surface area contributed by atoms with Crippen LogP contribution in [0.2, 0.25) is 0 Å². The van der Waals surface area contributed by atoms with Crippen molar-refractivity contribution in [3.8, 4) is 0 Å². The zero-order valence-electron chi connectivity index (χ0n) is 32.3. The molecular formula is C23H28F2N6O4S. The number of rotatable bonds is 10. The zero-order chi connectivity index (χ0) is 38.0. The van der Waals surface area contributed by atoms with Gasteiger partial charge in [0.1, 0.15) is 12.2 Å². The quantitative estimate of drug-likeness (QED) is 0.225. The summed E-state index contributed by atoms with van der Waals surface area (Å²) in [5, 5.41) is 41.3. The van der Waals surface area contributed by atoms with Crippen LogP contribution in [0, 0.1) is 11.6 Å². The number of ether oxygens (including phenoxy) is 1. The zero-order valence-corrected chi connectivity index (χ0v) is 19.2. The van der Waals surface area contributed by atoms with Crippen molar-refractivity contribution in [2.75, 3.05) is 24.2 Å². The Bertz CT molecular complexity index is 1850. The van der Waals surface area contributed by atoms with Crippen molar-refractivity contribution in [3.63, 3.8) is 0 Å². The van der Waals surface area contributed by atoms with E-state index < -0.39 is 114 Å². The van der Waals surface area contributed by atoms with Crippen LogP contribution in [0.5, 0.6) is 0 Å². The maximum Gasteiger partial charge on any atom is 0.191 e. The molecule has 6 atom stereocenters. The Balaban J connectivity index is 1.67. The normalized spacial score (nSPS) is 45.7. The molecule has 0 amide bonds. The van der Waals surface area contributed by atoms with Crippen molar-refractivity contribution >= 4 is 28.7 Å². The summed E-state index contributed by atoms with van der Waals surface area (Å²) in [5.41, 5.74) is -1.75. The van der Waals surface area contributed by atoms with Crippen LogP contribution in [0.1, 0.15) is 62.8 Å². The molecule has 13 heteroatoms. The van der Waals surface area contributed by atoms with Crippen molar-refractivity contribution in [2.24, 2.45) is 0 Å². The third kappa shape index (κ3) is 4.90. The fourth-order valence-corrected chi connectivity index (χ4v) is 3.90. The van der Waals surface area contributed by atoms with E-state index in [1.54, 1.807) is 0 Å². The van der Waals surface area contributed by atoms with Gasteiger partial charge >= 0.3 is 0 Å². The van der Waals surface area contributed by atoms with Gasteiger partial charge < -0.3 is 25.4 Å². The van der Waals surface area contributed by atoms with Crippen LogP contribution in [-0.4, -0.2) is 83.5 Å². The van der Waals surface area contributed by atoms with E-state index in [1.807, 2.05) is 0 Å². The topological polar surface area (TPSA) is 138 Å². The van der Waals surface area contributed by atoms with Crippen LogP contribution in [0.15, 0.2) is 23.3 Å². The van der Waals surface area contributed by atoms with Crippen molar-refractivity contribution in [3.05, 3.63) is 35.3 Å². The SMILES string of the molecule is [2H]c1c([2H])c(C2C[C@]2([2H])Nc2nc(SCC([2H])([2H])C)nc3c2nnn3[C@]2([2H])C([2H])([2H])[C@]([2H])(OCC([2H])([2H])O)[C@@]([2H])(O)[C@@]2([2H])O)c([2H])c(F)c1F. The summed E-state index contributed by atoms with van der Waals surface area (Å²) in [7, 11) is 0. The number of thioether (sulfide) groups is 1. The second kappa shape index (κ2) is 10.5. The van der Waals surface area contributed by atoms with Gasteiger partial charge in [0, 0.05) is 29.5 Å². The number of fused-ring (bicyclic) bond motifs is 1. The van der Waals surface area contributed by atoms with Crippen LogP contribution >= 0.6 is 11.8 Å². The molecule has 0 aliphatic heterocycles. The molecule has 1 unspecified atom stereocenters. The number of aliphatic hydroxyl groups is 3. The van der Waals surface area contributed by atoms with Gasteiger partial charge in [-0.25, -0.2) is 23.4 Å². The molecule has 194 valence electrons. The van der Waals surface area contributed by atoms with Gasteiger partial charge in [0.05, 0.1) is 39.0 Å². The molecular weight excluding hydrogens is 494 g/mol. The highest BCUT2D eigenvalue weighted by atomic mass is 32.2. The van der Waals surface area contributed by atoms with Gasteiger partial charge in [0.25, 0.3) is 0 Å². The minimum atomic E-state index is -4.12. The molecule has 0 bridgehead atoms. The Labute approximate surface area is 229 Å². The van der Waals surface area contributed by atoms with Crippen LogP contribution in [-0.2, 0) is 4.74 Å². The summed E-state index contributed by atoms with van der Waals surface area (Å²) in [6, 6.07) is -8.81. The Morgan fingerprint density at radius 2 is 2.17 bits per heavy atom. The highest BCUT2D eigenvalue weighted by molar-refractivity contribution is 7.99. The van der Waals surface area contributed by atoms with E-state index in [1.165, 1.54) is 6.92 Å². The summed E-state index contributed by atoms with van der Waals surface area (Å²) in [5.74, 6) is -5.41. The highest BCUT2D eigenvalue weighted by Crippen LogP contribution is 2.44. The average molecular weight is 537 g/mol. The Hall–Kier alpha value is -2.45. The van der Waals surface area contributed by atoms with Crippen molar-refractivity contribution in [1.82, 2.24) is 25.0 Å². The molecule has 2 saturated carbocycles. The molecule has 3 aromatic rings. The summed E-state index contributed by atoms with van der Waals surface area (Å²) in [6.07, 6.45) is -18.1. The Morgan fingerprint density at radius 1 is 1.33 bits per heavy atom. The molecule has 4 N–H and O–H groups in total. The molecule has 2 aromatic heterocycles. The van der Waals surface area contributed by atoms with Gasteiger partial charge in [0.15, 0.2) is 33.8 Å². The molecule has 36 heavy (non-hydrogen) atoms. The summed E-state index contributed by atoms with van der Waals surface area (Å²) >= 11 is 0.649. The van der Waals surface area contributed by atoms with Gasteiger partial charge in [-0.3, -0.25) is 0 Å². The number of nitrogens with zero attached hydrogens (tertiary/aromatic N) is 5. The Kier molecular flexibility index (Phi) is 3.90. The number of benzene rings is 1. The third-order valence-corrected chi connectivity index (χ3v) is 5.94. The lowest BCUT2D eigenvalue weighted by molar-refractivity contribution is -0.0629. The van der Waals surface area contributed by atoms with Crippen LogP contribution in [0.4, 0.5) is 14.6 Å². The maximum atomic E-state index is 14.4. The number of hydrogen-bond acceptors (Lipinski definition) is 10. The fraction of sp³-hybridized carbons (Fsp3) is 0.565. The minimum absolute atomic E-state index is 0.117. The molecule has 1 aromatic carbocycles. The second-order valence-electron chi connectivity index (χ2n) is 7.44. The first-order chi connectivity index (χ1) is 22.5. The molecule has 5 rings (SSSR count). The van der Waals surface area contributed by atoms with E-state index in [2.05, 4.69) is 25.6 Å². The average Bonchev–Trinajstić information content (AvgIpc) is 3.41. The molecule has 0 spiro atoms. The van der Waals surface area contributed by atoms with Gasteiger partial charge in [-0.05, 0) is 30.4 Å². The van der Waals surface area contributed by atoms with E-state index in [4.69, 9.17) is 23.9 Å². The fourth-order valence-electron chi connectivity index (χ4n) is 3.32. The molecule has 2 aliphatic carbocycles. The van der Waals surface area contributed by atoms with E-state index in [0.29, 0.717) is 11.8 Å². The first kappa shape index (κ1) is 13.4. The summed E-state index contributed by atoms with van der Waals surface area (Å²) < 4.78 is 148. The molecule has 10 nitrogen and oxygen atoms in total. The number of nitrogens with one attached hydrogen (secondary N) is 1. The maximum absolute atomic E-state index is 14.4. The number of hydrogen-bond donors (Lipinski definition) is 4.